The van der Waals surface area contributed by atoms with E-state index in [1.807, 2.05) is 32.9 Å². The van der Waals surface area contributed by atoms with Gasteiger partial charge in [0.2, 0.25) is 11.1 Å². The van der Waals surface area contributed by atoms with Crippen LogP contribution in [0.4, 0.5) is 0 Å². The van der Waals surface area contributed by atoms with Crippen LogP contribution in [-0.2, 0) is 11.3 Å². The van der Waals surface area contributed by atoms with Crippen molar-refractivity contribution < 1.29 is 9.21 Å². The van der Waals surface area contributed by atoms with Gasteiger partial charge in [-0.25, -0.2) is 9.50 Å². The van der Waals surface area contributed by atoms with Gasteiger partial charge in [-0.3, -0.25) is 4.79 Å². The van der Waals surface area contributed by atoms with Gasteiger partial charge in [-0.2, -0.15) is 4.98 Å². The molecule has 1 N–H and O–H groups in total. The summed E-state index contributed by atoms with van der Waals surface area (Å²) in [4.78, 5) is 20.8. The fraction of sp³-hybridized carbons (Fsp3) is 0.333. The molecule has 3 rings (SSSR count). The molecule has 0 bridgehead atoms. The fourth-order valence-corrected chi connectivity index (χ4v) is 2.91. The van der Waals surface area contributed by atoms with Crippen molar-refractivity contribution in [2.75, 3.05) is 0 Å². The van der Waals surface area contributed by atoms with Crippen molar-refractivity contribution >= 4 is 23.4 Å². The number of amides is 1. The molecule has 0 saturated carbocycles. The van der Waals surface area contributed by atoms with E-state index < -0.39 is 0 Å². The van der Waals surface area contributed by atoms with Crippen molar-refractivity contribution in [2.45, 2.75) is 37.7 Å². The van der Waals surface area contributed by atoms with Gasteiger partial charge < -0.3 is 9.73 Å². The Balaban J connectivity index is 1.66. The second-order valence-corrected chi connectivity index (χ2v) is 6.51. The van der Waals surface area contributed by atoms with Gasteiger partial charge in [0.1, 0.15) is 5.76 Å². The molecular weight excluding hydrogens is 314 g/mol. The van der Waals surface area contributed by atoms with Gasteiger partial charge in [0.15, 0.2) is 0 Å². The molecule has 23 heavy (non-hydrogen) atoms. The number of aromatic nitrogens is 4. The summed E-state index contributed by atoms with van der Waals surface area (Å²) in [7, 11) is 0. The zero-order chi connectivity index (χ0) is 16.4. The molecule has 0 spiro atoms. The monoisotopic (exact) mass is 331 g/mol. The number of carbonyl (C=O) groups excluding carboxylic acids is 1. The minimum Gasteiger partial charge on any atom is -0.467 e. The fourth-order valence-electron chi connectivity index (χ4n) is 2.14. The van der Waals surface area contributed by atoms with E-state index in [4.69, 9.17) is 4.42 Å². The second kappa shape index (κ2) is 6.41. The third-order valence-corrected chi connectivity index (χ3v) is 4.22. The third kappa shape index (κ3) is 3.53. The Labute approximate surface area is 137 Å². The van der Waals surface area contributed by atoms with E-state index in [-0.39, 0.29) is 11.2 Å². The lowest BCUT2D eigenvalue weighted by atomic mass is 10.4. The summed E-state index contributed by atoms with van der Waals surface area (Å²) in [6, 6.07) is 5.55. The maximum Gasteiger partial charge on any atom is 0.253 e. The van der Waals surface area contributed by atoms with Gasteiger partial charge in [0.25, 0.3) is 5.78 Å². The zero-order valence-corrected chi connectivity index (χ0v) is 13.9. The third-order valence-electron chi connectivity index (χ3n) is 3.27. The predicted molar refractivity (Wildman–Crippen MR) is 86.1 cm³/mol. The first kappa shape index (κ1) is 15.5. The Bertz CT molecular complexity index is 828. The molecule has 1 amide bonds. The van der Waals surface area contributed by atoms with Crippen LogP contribution in [0.25, 0.3) is 5.78 Å². The summed E-state index contributed by atoms with van der Waals surface area (Å²) in [6.07, 6.45) is 1.58. The molecule has 0 aliphatic heterocycles. The number of nitrogens with zero attached hydrogens (tertiary/aromatic N) is 4. The molecule has 1 atom stereocenters. The normalized spacial score (nSPS) is 12.5. The minimum atomic E-state index is -0.316. The molecular formula is C15H17N5O2S. The topological polar surface area (TPSA) is 85.3 Å². The number of furan rings is 1. The second-order valence-electron chi connectivity index (χ2n) is 5.20. The van der Waals surface area contributed by atoms with Crippen LogP contribution in [0.5, 0.6) is 0 Å². The maximum atomic E-state index is 12.1. The number of fused-ring (bicyclic) bond motifs is 1. The van der Waals surface area contributed by atoms with Crippen LogP contribution in [-0.4, -0.2) is 30.7 Å². The van der Waals surface area contributed by atoms with E-state index in [1.54, 1.807) is 16.8 Å². The van der Waals surface area contributed by atoms with Gasteiger partial charge in [0.05, 0.1) is 18.1 Å². The molecule has 0 aliphatic carbocycles. The Morgan fingerprint density at radius 3 is 3.00 bits per heavy atom. The highest BCUT2D eigenvalue weighted by Gasteiger charge is 2.18. The van der Waals surface area contributed by atoms with Gasteiger partial charge in [-0.1, -0.05) is 11.8 Å². The minimum absolute atomic E-state index is 0.0916. The smallest absolute Gasteiger partial charge is 0.253 e. The Morgan fingerprint density at radius 1 is 1.43 bits per heavy atom. The first-order chi connectivity index (χ1) is 11.0. The summed E-state index contributed by atoms with van der Waals surface area (Å²) >= 11 is 1.30. The van der Waals surface area contributed by atoms with Crippen molar-refractivity contribution in [3.05, 3.63) is 41.6 Å². The first-order valence-electron chi connectivity index (χ1n) is 7.20. The van der Waals surface area contributed by atoms with E-state index in [2.05, 4.69) is 20.4 Å². The molecule has 0 aliphatic rings. The van der Waals surface area contributed by atoms with E-state index in [0.717, 1.165) is 17.1 Å². The molecule has 0 saturated heterocycles. The number of nitrogens with one attached hydrogen (secondary N) is 1. The maximum absolute atomic E-state index is 12.1. The highest BCUT2D eigenvalue weighted by molar-refractivity contribution is 8.00. The average molecular weight is 331 g/mol. The Morgan fingerprint density at radius 2 is 2.26 bits per heavy atom. The lowest BCUT2D eigenvalue weighted by Gasteiger charge is -2.08. The lowest BCUT2D eigenvalue weighted by molar-refractivity contribution is -0.120. The summed E-state index contributed by atoms with van der Waals surface area (Å²) in [5.41, 5.74) is 1.85. The number of hydrogen-bond acceptors (Lipinski definition) is 6. The van der Waals surface area contributed by atoms with Crippen LogP contribution < -0.4 is 5.32 Å². The summed E-state index contributed by atoms with van der Waals surface area (Å²) < 4.78 is 6.87. The summed E-state index contributed by atoms with van der Waals surface area (Å²) in [5.74, 6) is 1.18. The molecule has 8 heteroatoms. The first-order valence-corrected chi connectivity index (χ1v) is 8.08. The lowest BCUT2D eigenvalue weighted by Crippen LogP contribution is -2.30. The van der Waals surface area contributed by atoms with Gasteiger partial charge in [0, 0.05) is 11.4 Å². The number of rotatable bonds is 5. The molecule has 120 valence electrons. The van der Waals surface area contributed by atoms with Crippen LogP contribution in [0, 0.1) is 13.8 Å². The SMILES string of the molecule is Cc1cc(C)n2nc(S[C@H](C)C(=O)NCc3ccco3)nc2n1. The van der Waals surface area contributed by atoms with E-state index in [9.17, 15) is 4.79 Å². The molecule has 0 fully saturated rings. The number of hydrogen-bond donors (Lipinski definition) is 1. The largest absolute Gasteiger partial charge is 0.467 e. The molecule has 3 heterocycles. The highest BCUT2D eigenvalue weighted by Crippen LogP contribution is 2.20. The molecule has 7 nitrogen and oxygen atoms in total. The van der Waals surface area contributed by atoms with Crippen molar-refractivity contribution in [3.8, 4) is 0 Å². The van der Waals surface area contributed by atoms with E-state index in [1.165, 1.54) is 11.8 Å². The van der Waals surface area contributed by atoms with Gasteiger partial charge in [-0.15, -0.1) is 5.10 Å². The summed E-state index contributed by atoms with van der Waals surface area (Å²) in [5, 5.41) is 7.44. The van der Waals surface area contributed by atoms with Crippen molar-refractivity contribution in [3.63, 3.8) is 0 Å². The Kier molecular flexibility index (Phi) is 4.33. The molecule has 3 aromatic rings. The number of aryl methyl sites for hydroxylation is 2. The number of carbonyl (C=O) groups is 1. The quantitative estimate of drug-likeness (QED) is 0.721. The van der Waals surface area contributed by atoms with Crippen molar-refractivity contribution in [1.82, 2.24) is 24.9 Å². The van der Waals surface area contributed by atoms with Crippen LogP contribution >= 0.6 is 11.8 Å². The molecule has 0 radical (unpaired) electrons. The molecule has 3 aromatic heterocycles. The van der Waals surface area contributed by atoms with Crippen LogP contribution in [0.15, 0.2) is 34.0 Å². The van der Waals surface area contributed by atoms with Crippen LogP contribution in [0.1, 0.15) is 24.1 Å². The standard InChI is InChI=1S/C15H17N5O2S/c1-9-7-10(2)20-14(17-9)18-15(19-20)23-11(3)13(21)16-8-12-5-4-6-22-12/h4-7,11H,8H2,1-3H3,(H,16,21)/t11-/m1/s1. The highest BCUT2D eigenvalue weighted by atomic mass is 32.2. The van der Waals surface area contributed by atoms with E-state index >= 15 is 0 Å². The van der Waals surface area contributed by atoms with Crippen molar-refractivity contribution in [1.29, 1.82) is 0 Å². The van der Waals surface area contributed by atoms with Crippen LogP contribution in [0.2, 0.25) is 0 Å². The Hall–Kier alpha value is -2.35. The van der Waals surface area contributed by atoms with Crippen LogP contribution in [0.3, 0.4) is 0 Å². The average Bonchev–Trinajstić information content (AvgIpc) is 3.13. The predicted octanol–water partition coefficient (Wildman–Crippen LogP) is 2.13. The van der Waals surface area contributed by atoms with Crippen molar-refractivity contribution in [2.24, 2.45) is 0 Å². The van der Waals surface area contributed by atoms with Gasteiger partial charge >= 0.3 is 0 Å². The molecule has 0 unspecified atom stereocenters. The molecule has 0 aromatic carbocycles. The summed E-state index contributed by atoms with van der Waals surface area (Å²) in [6.45, 7) is 6.05. The van der Waals surface area contributed by atoms with E-state index in [0.29, 0.717) is 17.5 Å². The number of thioether (sulfide) groups is 1. The van der Waals surface area contributed by atoms with Gasteiger partial charge in [-0.05, 0) is 39.0 Å². The zero-order valence-electron chi connectivity index (χ0n) is 13.1.